The number of aliphatic hydroxyl groups excluding tert-OH is 2. The largest absolute Gasteiger partial charge is 0.396 e. The summed E-state index contributed by atoms with van der Waals surface area (Å²) in [4.78, 5) is 0. The first kappa shape index (κ1) is 9.44. The van der Waals surface area contributed by atoms with E-state index in [1.54, 1.807) is 0 Å². The van der Waals surface area contributed by atoms with Crippen molar-refractivity contribution < 1.29 is 10.2 Å². The Bertz CT molecular complexity index is 174. The number of hydrogen-bond acceptors (Lipinski definition) is 3. The third-order valence-corrected chi connectivity index (χ3v) is 3.66. The van der Waals surface area contributed by atoms with Crippen LogP contribution in [0.1, 0.15) is 25.7 Å². The summed E-state index contributed by atoms with van der Waals surface area (Å²) in [6.45, 7) is 2.20. The van der Waals surface area contributed by atoms with Crippen LogP contribution in [0.15, 0.2) is 0 Å². The van der Waals surface area contributed by atoms with Gasteiger partial charge in [-0.25, -0.2) is 0 Å². The lowest BCUT2D eigenvalue weighted by molar-refractivity contribution is -0.00233. The lowest BCUT2D eigenvalue weighted by Crippen LogP contribution is -2.39. The number of nitrogens with one attached hydrogen (secondary N) is 1. The van der Waals surface area contributed by atoms with Gasteiger partial charge < -0.3 is 15.5 Å². The summed E-state index contributed by atoms with van der Waals surface area (Å²) >= 11 is 0. The van der Waals surface area contributed by atoms with Crippen molar-refractivity contribution in [3.05, 3.63) is 0 Å². The molecule has 1 aliphatic carbocycles. The topological polar surface area (TPSA) is 52.5 Å². The molecule has 3 nitrogen and oxygen atoms in total. The second-order valence-electron chi connectivity index (χ2n) is 4.55. The molecule has 1 saturated heterocycles. The Morgan fingerprint density at radius 2 is 1.92 bits per heavy atom. The van der Waals surface area contributed by atoms with Crippen LogP contribution in [0, 0.1) is 11.3 Å². The van der Waals surface area contributed by atoms with E-state index in [9.17, 15) is 10.2 Å². The minimum atomic E-state index is -0.264. The summed E-state index contributed by atoms with van der Waals surface area (Å²) in [6.07, 6.45) is 3.87. The third kappa shape index (κ3) is 1.73. The van der Waals surface area contributed by atoms with Gasteiger partial charge in [0.1, 0.15) is 0 Å². The Hall–Kier alpha value is -0.120. The molecule has 0 unspecified atom stereocenters. The molecular formula is C10H19NO2. The Morgan fingerprint density at radius 3 is 2.38 bits per heavy atom. The molecule has 1 aliphatic heterocycles. The fraction of sp³-hybridized carbons (Fsp3) is 1.00. The maximum absolute atomic E-state index is 10.1. The van der Waals surface area contributed by atoms with Crippen molar-refractivity contribution in [3.8, 4) is 0 Å². The zero-order chi connectivity index (χ0) is 9.31. The molecule has 0 aromatic heterocycles. The first-order valence-corrected chi connectivity index (χ1v) is 5.28. The van der Waals surface area contributed by atoms with Gasteiger partial charge >= 0.3 is 0 Å². The van der Waals surface area contributed by atoms with Crippen LogP contribution < -0.4 is 5.32 Å². The minimum Gasteiger partial charge on any atom is -0.396 e. The zero-order valence-corrected chi connectivity index (χ0v) is 8.00. The molecule has 0 aromatic carbocycles. The van der Waals surface area contributed by atoms with Crippen LogP contribution in [0.2, 0.25) is 0 Å². The smallest absolute Gasteiger partial charge is 0.0647 e. The van der Waals surface area contributed by atoms with Crippen LogP contribution >= 0.6 is 0 Å². The van der Waals surface area contributed by atoms with Crippen molar-refractivity contribution in [1.29, 1.82) is 0 Å². The second-order valence-corrected chi connectivity index (χ2v) is 4.55. The highest BCUT2D eigenvalue weighted by Gasteiger charge is 2.50. The number of aliphatic hydroxyl groups is 2. The molecule has 0 amide bonds. The molecule has 1 heterocycles. The summed E-state index contributed by atoms with van der Waals surface area (Å²) in [5.74, 6) is 0.413. The lowest BCUT2D eigenvalue weighted by atomic mass is 9.83. The van der Waals surface area contributed by atoms with Crippen LogP contribution in [0.3, 0.4) is 0 Å². The van der Waals surface area contributed by atoms with Gasteiger partial charge in [0.25, 0.3) is 0 Å². The first-order chi connectivity index (χ1) is 6.28. The van der Waals surface area contributed by atoms with Gasteiger partial charge in [-0.3, -0.25) is 0 Å². The predicted octanol–water partition coefficient (Wildman–Crippen LogP) is 0.119. The van der Waals surface area contributed by atoms with Gasteiger partial charge in [-0.15, -0.1) is 0 Å². The van der Waals surface area contributed by atoms with Crippen LogP contribution in [0.25, 0.3) is 0 Å². The zero-order valence-electron chi connectivity index (χ0n) is 8.00. The summed E-state index contributed by atoms with van der Waals surface area (Å²) in [6, 6.07) is 0. The maximum Gasteiger partial charge on any atom is 0.0647 e. The van der Waals surface area contributed by atoms with Gasteiger partial charge in [0.2, 0.25) is 0 Å². The van der Waals surface area contributed by atoms with E-state index in [0.29, 0.717) is 5.92 Å². The number of piperidine rings is 1. The maximum atomic E-state index is 10.1. The average Bonchev–Trinajstić information content (AvgIpc) is 2.99. The minimum absolute atomic E-state index is 0.109. The van der Waals surface area contributed by atoms with Crippen molar-refractivity contribution in [2.45, 2.75) is 31.8 Å². The van der Waals surface area contributed by atoms with E-state index in [1.807, 2.05) is 0 Å². The van der Waals surface area contributed by atoms with Crippen molar-refractivity contribution in [2.24, 2.45) is 11.3 Å². The fourth-order valence-corrected chi connectivity index (χ4v) is 2.37. The SMILES string of the molecule is OCC1([C@@H](O)C2CCNCC2)CC1. The summed E-state index contributed by atoms with van der Waals surface area (Å²) in [5, 5.41) is 22.5. The molecule has 1 atom stereocenters. The highest BCUT2D eigenvalue weighted by atomic mass is 16.3. The molecule has 1 saturated carbocycles. The highest BCUT2D eigenvalue weighted by molar-refractivity contribution is 5.01. The van der Waals surface area contributed by atoms with Gasteiger partial charge in [-0.1, -0.05) is 0 Å². The molecule has 0 radical (unpaired) electrons. The van der Waals surface area contributed by atoms with Crippen molar-refractivity contribution in [2.75, 3.05) is 19.7 Å². The predicted molar refractivity (Wildman–Crippen MR) is 50.4 cm³/mol. The molecule has 3 heteroatoms. The number of rotatable bonds is 3. The molecule has 2 rings (SSSR count). The molecular weight excluding hydrogens is 166 g/mol. The molecule has 2 aliphatic rings. The van der Waals surface area contributed by atoms with Crippen molar-refractivity contribution in [1.82, 2.24) is 5.32 Å². The second kappa shape index (κ2) is 3.56. The van der Waals surface area contributed by atoms with Crippen LogP contribution in [-0.2, 0) is 0 Å². The summed E-state index contributed by atoms with van der Waals surface area (Å²) < 4.78 is 0. The number of hydrogen-bond donors (Lipinski definition) is 3. The molecule has 13 heavy (non-hydrogen) atoms. The van der Waals surface area contributed by atoms with E-state index >= 15 is 0 Å². The first-order valence-electron chi connectivity index (χ1n) is 5.28. The van der Waals surface area contributed by atoms with Gasteiger partial charge in [0, 0.05) is 5.41 Å². The Labute approximate surface area is 79.2 Å². The fourth-order valence-electron chi connectivity index (χ4n) is 2.37. The van der Waals surface area contributed by atoms with Crippen LogP contribution in [-0.4, -0.2) is 36.0 Å². The van der Waals surface area contributed by atoms with Crippen molar-refractivity contribution in [3.63, 3.8) is 0 Å². The molecule has 76 valence electrons. The van der Waals surface area contributed by atoms with Gasteiger partial charge in [-0.05, 0) is 44.7 Å². The normalized spacial score (nSPS) is 30.0. The highest BCUT2D eigenvalue weighted by Crippen LogP contribution is 2.51. The molecule has 0 bridgehead atoms. The molecule has 0 aromatic rings. The van der Waals surface area contributed by atoms with Crippen LogP contribution in [0.5, 0.6) is 0 Å². The molecule has 3 N–H and O–H groups in total. The summed E-state index contributed by atoms with van der Waals surface area (Å²) in [7, 11) is 0. The van der Waals surface area contributed by atoms with E-state index in [0.717, 1.165) is 38.8 Å². The third-order valence-electron chi connectivity index (χ3n) is 3.66. The quantitative estimate of drug-likeness (QED) is 0.585. The Balaban J connectivity index is 1.91. The Morgan fingerprint density at radius 1 is 1.31 bits per heavy atom. The average molecular weight is 185 g/mol. The van der Waals surface area contributed by atoms with E-state index in [1.165, 1.54) is 0 Å². The van der Waals surface area contributed by atoms with E-state index in [-0.39, 0.29) is 18.1 Å². The monoisotopic (exact) mass is 185 g/mol. The molecule has 2 fully saturated rings. The Kier molecular flexibility index (Phi) is 2.58. The van der Waals surface area contributed by atoms with Gasteiger partial charge in [0.15, 0.2) is 0 Å². The van der Waals surface area contributed by atoms with E-state index in [2.05, 4.69) is 5.32 Å². The van der Waals surface area contributed by atoms with Crippen LogP contribution in [0.4, 0.5) is 0 Å². The van der Waals surface area contributed by atoms with E-state index in [4.69, 9.17) is 0 Å². The van der Waals surface area contributed by atoms with Crippen molar-refractivity contribution >= 4 is 0 Å². The summed E-state index contributed by atoms with van der Waals surface area (Å²) in [5.41, 5.74) is -0.109. The lowest BCUT2D eigenvalue weighted by Gasteiger charge is -2.31. The van der Waals surface area contributed by atoms with Gasteiger partial charge in [-0.2, -0.15) is 0 Å². The standard InChI is InChI=1S/C10H19NO2/c12-7-10(3-4-10)9(13)8-1-5-11-6-2-8/h8-9,11-13H,1-7H2/t9-/m0/s1. The molecule has 0 spiro atoms. The van der Waals surface area contributed by atoms with Gasteiger partial charge in [0.05, 0.1) is 12.7 Å². The van der Waals surface area contributed by atoms with E-state index < -0.39 is 0 Å².